The molecule has 0 saturated carbocycles. The summed E-state index contributed by atoms with van der Waals surface area (Å²) in [6, 6.07) is 0. The first-order chi connectivity index (χ1) is 16.2. The van der Waals surface area contributed by atoms with Crippen LogP contribution in [0.5, 0.6) is 0 Å². The zero-order valence-corrected chi connectivity index (χ0v) is 22.4. The van der Waals surface area contributed by atoms with Gasteiger partial charge in [-0.1, -0.05) is 90.9 Å². The van der Waals surface area contributed by atoms with Crippen LogP contribution in [0.15, 0.2) is 0 Å². The lowest BCUT2D eigenvalue weighted by atomic mass is 9.91. The number of hydrogen-bond donors (Lipinski definition) is 0. The van der Waals surface area contributed by atoms with E-state index in [2.05, 4.69) is 13.8 Å². The molecule has 6 nitrogen and oxygen atoms in total. The molecule has 2 fully saturated rings. The molecular formula is C27H54O6. The highest BCUT2D eigenvalue weighted by atomic mass is 16.9. The van der Waals surface area contributed by atoms with Crippen molar-refractivity contribution in [1.82, 2.24) is 0 Å². The van der Waals surface area contributed by atoms with Crippen molar-refractivity contribution in [3.8, 4) is 0 Å². The van der Waals surface area contributed by atoms with Crippen LogP contribution in [0, 0.1) is 5.92 Å². The van der Waals surface area contributed by atoms with Gasteiger partial charge in [0.15, 0.2) is 0 Å². The van der Waals surface area contributed by atoms with Crippen LogP contribution < -0.4 is 0 Å². The normalized spacial score (nSPS) is 19.5. The largest absolute Gasteiger partial charge is 0.376 e. The fourth-order valence-corrected chi connectivity index (χ4v) is 4.25. The Morgan fingerprint density at radius 3 is 1.33 bits per heavy atom. The third-order valence-corrected chi connectivity index (χ3v) is 6.58. The second-order valence-electron chi connectivity index (χ2n) is 9.47. The molecule has 0 aromatic carbocycles. The predicted molar refractivity (Wildman–Crippen MR) is 134 cm³/mol. The van der Waals surface area contributed by atoms with Crippen LogP contribution in [0.4, 0.5) is 0 Å². The van der Waals surface area contributed by atoms with Crippen LogP contribution >= 0.6 is 0 Å². The van der Waals surface area contributed by atoms with Gasteiger partial charge in [-0.2, -0.15) is 0 Å². The minimum absolute atomic E-state index is 0.315. The third-order valence-electron chi connectivity index (χ3n) is 6.58. The number of rotatable bonds is 22. The van der Waals surface area contributed by atoms with Gasteiger partial charge in [0.25, 0.3) is 5.97 Å². The monoisotopic (exact) mass is 474 g/mol. The van der Waals surface area contributed by atoms with Crippen molar-refractivity contribution >= 4 is 0 Å². The van der Waals surface area contributed by atoms with Gasteiger partial charge < -0.3 is 28.4 Å². The average molecular weight is 475 g/mol. The second-order valence-corrected chi connectivity index (χ2v) is 9.47. The van der Waals surface area contributed by atoms with Crippen molar-refractivity contribution in [2.45, 2.75) is 122 Å². The molecule has 0 aromatic rings. The van der Waals surface area contributed by atoms with E-state index in [0.717, 1.165) is 39.3 Å². The van der Waals surface area contributed by atoms with Gasteiger partial charge in [0.2, 0.25) is 0 Å². The van der Waals surface area contributed by atoms with Gasteiger partial charge in [0.1, 0.15) is 12.2 Å². The maximum atomic E-state index is 5.65. The summed E-state index contributed by atoms with van der Waals surface area (Å²) in [4.78, 5) is 0. The number of hydrogen-bond acceptors (Lipinski definition) is 6. The zero-order valence-electron chi connectivity index (χ0n) is 22.4. The quantitative estimate of drug-likeness (QED) is 0.101. The summed E-state index contributed by atoms with van der Waals surface area (Å²) in [5.41, 5.74) is 0. The summed E-state index contributed by atoms with van der Waals surface area (Å²) in [5, 5.41) is 0. The molecule has 2 aliphatic rings. The number of ether oxygens (including phenoxy) is 6. The first-order valence-corrected chi connectivity index (χ1v) is 13.6. The van der Waals surface area contributed by atoms with Gasteiger partial charge in [-0.15, -0.1) is 0 Å². The number of methoxy groups -OCH3 is 3. The fourth-order valence-electron chi connectivity index (χ4n) is 4.25. The second kappa shape index (κ2) is 20.0. The van der Waals surface area contributed by atoms with E-state index in [1.165, 1.54) is 77.0 Å². The van der Waals surface area contributed by atoms with E-state index in [1.54, 1.807) is 21.3 Å². The van der Waals surface area contributed by atoms with Gasteiger partial charge in [-0.25, -0.2) is 0 Å². The van der Waals surface area contributed by atoms with E-state index in [0.29, 0.717) is 18.1 Å². The summed E-state index contributed by atoms with van der Waals surface area (Å²) in [6.07, 6.45) is 18.9. The molecular weight excluding hydrogens is 420 g/mol. The SMILES string of the molecule is C(OCC1CO1)C1CO1.CCCCCCCCC(CCCCCCCC)C(OC)(OC)OC. The lowest BCUT2D eigenvalue weighted by Crippen LogP contribution is -2.44. The van der Waals surface area contributed by atoms with Gasteiger partial charge in [0, 0.05) is 27.2 Å². The molecule has 0 amide bonds. The summed E-state index contributed by atoms with van der Waals surface area (Å²) in [5.74, 6) is -0.554. The lowest BCUT2D eigenvalue weighted by Gasteiger charge is -2.36. The Hall–Kier alpha value is -0.240. The molecule has 2 rings (SSSR count). The van der Waals surface area contributed by atoms with Crippen molar-refractivity contribution in [3.63, 3.8) is 0 Å². The highest BCUT2D eigenvalue weighted by molar-refractivity contribution is 4.72. The van der Waals surface area contributed by atoms with E-state index in [9.17, 15) is 0 Å². The van der Waals surface area contributed by atoms with Crippen LogP contribution in [0.2, 0.25) is 0 Å². The number of unbranched alkanes of at least 4 members (excludes halogenated alkanes) is 10. The number of epoxide rings is 2. The van der Waals surface area contributed by atoms with E-state index < -0.39 is 5.97 Å². The fraction of sp³-hybridized carbons (Fsp3) is 1.00. The van der Waals surface area contributed by atoms with E-state index >= 15 is 0 Å². The molecule has 0 aliphatic carbocycles. The maximum Gasteiger partial charge on any atom is 0.285 e. The van der Waals surface area contributed by atoms with E-state index in [-0.39, 0.29) is 0 Å². The molecule has 2 atom stereocenters. The van der Waals surface area contributed by atoms with Crippen molar-refractivity contribution in [2.75, 3.05) is 47.8 Å². The average Bonchev–Trinajstić information content (AvgIpc) is 3.76. The molecule has 0 aromatic heterocycles. The van der Waals surface area contributed by atoms with Crippen molar-refractivity contribution in [1.29, 1.82) is 0 Å². The molecule has 2 aliphatic heterocycles. The Kier molecular flexibility index (Phi) is 18.7. The van der Waals surface area contributed by atoms with Crippen LogP contribution in [-0.2, 0) is 28.4 Å². The summed E-state index contributed by atoms with van der Waals surface area (Å²) in [6.45, 7) is 7.79. The lowest BCUT2D eigenvalue weighted by molar-refractivity contribution is -0.380. The Labute approximate surface area is 204 Å². The molecule has 198 valence electrons. The Morgan fingerprint density at radius 1 is 0.636 bits per heavy atom. The smallest absolute Gasteiger partial charge is 0.285 e. The topological polar surface area (TPSA) is 62.0 Å². The first kappa shape index (κ1) is 30.8. The zero-order chi connectivity index (χ0) is 24.2. The van der Waals surface area contributed by atoms with Gasteiger partial charge in [-0.3, -0.25) is 0 Å². The van der Waals surface area contributed by atoms with E-state index in [1.807, 2.05) is 0 Å². The summed E-state index contributed by atoms with van der Waals surface area (Å²) >= 11 is 0. The van der Waals surface area contributed by atoms with Crippen LogP contribution in [-0.4, -0.2) is 65.9 Å². The Bertz CT molecular complexity index is 385. The van der Waals surface area contributed by atoms with Gasteiger partial charge >= 0.3 is 0 Å². The first-order valence-electron chi connectivity index (χ1n) is 13.6. The maximum absolute atomic E-state index is 5.65. The minimum atomic E-state index is -0.868. The van der Waals surface area contributed by atoms with E-state index in [4.69, 9.17) is 28.4 Å². The highest BCUT2D eigenvalue weighted by Gasteiger charge is 2.39. The molecule has 2 saturated heterocycles. The molecule has 2 heterocycles. The molecule has 0 spiro atoms. The standard InChI is InChI=1S/C21H44O3.C6H10O3/c1-6-8-10-12-14-16-18-20(21(22-3,23-4)24-5)19-17-15-13-11-9-7-2;1(5-3-8-5)7-2-6-4-9-6/h20H,6-19H2,1-5H3;5-6H,1-4H2. The van der Waals surface area contributed by atoms with Crippen molar-refractivity contribution in [3.05, 3.63) is 0 Å². The molecule has 2 unspecified atom stereocenters. The predicted octanol–water partition coefficient (Wildman–Crippen LogP) is 6.50. The Balaban J connectivity index is 0.000000490. The third kappa shape index (κ3) is 15.4. The minimum Gasteiger partial charge on any atom is -0.376 e. The molecule has 33 heavy (non-hydrogen) atoms. The van der Waals surface area contributed by atoms with Crippen LogP contribution in [0.1, 0.15) is 104 Å². The highest BCUT2D eigenvalue weighted by Crippen LogP contribution is 2.33. The molecule has 6 heteroatoms. The van der Waals surface area contributed by atoms with Gasteiger partial charge in [-0.05, 0) is 12.8 Å². The Morgan fingerprint density at radius 2 is 1.00 bits per heavy atom. The van der Waals surface area contributed by atoms with Gasteiger partial charge in [0.05, 0.1) is 26.4 Å². The molecule has 0 radical (unpaired) electrons. The van der Waals surface area contributed by atoms with Crippen LogP contribution in [0.3, 0.4) is 0 Å². The molecule has 0 N–H and O–H groups in total. The molecule has 0 bridgehead atoms. The summed E-state index contributed by atoms with van der Waals surface area (Å²) < 4.78 is 32.1. The van der Waals surface area contributed by atoms with Crippen LogP contribution in [0.25, 0.3) is 0 Å². The van der Waals surface area contributed by atoms with Crippen molar-refractivity contribution in [2.24, 2.45) is 5.92 Å². The van der Waals surface area contributed by atoms with Crippen molar-refractivity contribution < 1.29 is 28.4 Å². The summed E-state index contributed by atoms with van der Waals surface area (Å²) in [7, 11) is 5.09.